The van der Waals surface area contributed by atoms with Crippen LogP contribution in [0, 0.1) is 5.92 Å². The van der Waals surface area contributed by atoms with Gasteiger partial charge in [-0.3, -0.25) is 4.79 Å². The molecular weight excluding hydrogens is 256 g/mol. The number of hydrogen-bond donors (Lipinski definition) is 1. The molecule has 3 nitrogen and oxygen atoms in total. The second-order valence-electron chi connectivity index (χ2n) is 6.04. The molecule has 1 heterocycles. The molecule has 1 N–H and O–H groups in total. The number of thioether (sulfide) groups is 1. The molecule has 4 heteroatoms. The molecule has 1 saturated heterocycles. The Morgan fingerprint density at radius 2 is 1.84 bits per heavy atom. The summed E-state index contributed by atoms with van der Waals surface area (Å²) in [6.07, 6.45) is 9.17. The first-order valence-electron chi connectivity index (χ1n) is 7.82. The van der Waals surface area contributed by atoms with Gasteiger partial charge in [0.15, 0.2) is 0 Å². The molecule has 0 aromatic heterocycles. The number of hydrogen-bond acceptors (Lipinski definition) is 3. The Bertz CT molecular complexity index is 273. The molecule has 19 heavy (non-hydrogen) atoms. The fraction of sp³-hybridized carbons (Fsp3) is 0.933. The molecule has 110 valence electrons. The number of carbonyl (C=O) groups excluding carboxylic acids is 1. The van der Waals surface area contributed by atoms with E-state index in [0.29, 0.717) is 16.9 Å². The molecule has 0 unspecified atom stereocenters. The van der Waals surface area contributed by atoms with E-state index in [1.165, 1.54) is 44.9 Å². The van der Waals surface area contributed by atoms with E-state index in [1.807, 2.05) is 23.7 Å². The highest BCUT2D eigenvalue weighted by molar-refractivity contribution is 8.00. The van der Waals surface area contributed by atoms with Gasteiger partial charge in [-0.25, -0.2) is 0 Å². The van der Waals surface area contributed by atoms with Crippen LogP contribution in [0.15, 0.2) is 0 Å². The number of rotatable bonds is 5. The first-order chi connectivity index (χ1) is 9.25. The van der Waals surface area contributed by atoms with Gasteiger partial charge in [0.2, 0.25) is 5.91 Å². The van der Waals surface area contributed by atoms with Crippen molar-refractivity contribution in [2.45, 2.75) is 50.2 Å². The zero-order valence-electron chi connectivity index (χ0n) is 12.2. The van der Waals surface area contributed by atoms with Gasteiger partial charge in [0.05, 0.1) is 5.75 Å². The van der Waals surface area contributed by atoms with Crippen LogP contribution >= 0.6 is 11.8 Å². The molecule has 1 aliphatic heterocycles. The van der Waals surface area contributed by atoms with Gasteiger partial charge < -0.3 is 10.2 Å². The molecule has 0 radical (unpaired) electrons. The summed E-state index contributed by atoms with van der Waals surface area (Å²) in [5, 5.41) is 4.06. The Balaban J connectivity index is 1.63. The first-order valence-corrected chi connectivity index (χ1v) is 8.87. The van der Waals surface area contributed by atoms with Crippen LogP contribution in [0.1, 0.15) is 44.9 Å². The molecule has 0 aromatic carbocycles. The molecule has 1 amide bonds. The predicted octanol–water partition coefficient (Wildman–Crippen LogP) is 2.51. The molecule has 0 aromatic rings. The van der Waals surface area contributed by atoms with Crippen LogP contribution < -0.4 is 5.32 Å². The van der Waals surface area contributed by atoms with Crippen LogP contribution in [0.3, 0.4) is 0 Å². The minimum atomic E-state index is 0.328. The van der Waals surface area contributed by atoms with Gasteiger partial charge in [0, 0.05) is 18.8 Å². The summed E-state index contributed by atoms with van der Waals surface area (Å²) >= 11 is 1.86. The van der Waals surface area contributed by atoms with E-state index in [4.69, 9.17) is 0 Å². The Morgan fingerprint density at radius 1 is 1.16 bits per heavy atom. The Labute approximate surface area is 121 Å². The van der Waals surface area contributed by atoms with Gasteiger partial charge in [-0.15, -0.1) is 11.8 Å². The molecular formula is C15H28N2OS. The fourth-order valence-corrected chi connectivity index (χ4v) is 4.29. The standard InChI is InChI=1S/C15H28N2OS/c1-17(11-13-5-3-2-4-6-13)15(18)12-19-14-7-9-16-10-8-14/h13-14,16H,2-12H2,1H3. The molecule has 0 spiro atoms. The van der Waals surface area contributed by atoms with Crippen molar-refractivity contribution >= 4 is 17.7 Å². The van der Waals surface area contributed by atoms with E-state index in [2.05, 4.69) is 5.32 Å². The van der Waals surface area contributed by atoms with Crippen molar-refractivity contribution in [1.29, 1.82) is 0 Å². The fourth-order valence-electron chi connectivity index (χ4n) is 3.12. The molecule has 1 aliphatic carbocycles. The molecule has 1 saturated carbocycles. The van der Waals surface area contributed by atoms with E-state index < -0.39 is 0 Å². The van der Waals surface area contributed by atoms with Crippen LogP contribution in [0.5, 0.6) is 0 Å². The van der Waals surface area contributed by atoms with Gasteiger partial charge in [-0.2, -0.15) is 0 Å². The number of piperidine rings is 1. The number of carbonyl (C=O) groups is 1. The smallest absolute Gasteiger partial charge is 0.232 e. The summed E-state index contributed by atoms with van der Waals surface area (Å²) in [5.41, 5.74) is 0. The molecule has 0 atom stereocenters. The van der Waals surface area contributed by atoms with Crippen molar-refractivity contribution in [3.8, 4) is 0 Å². The minimum absolute atomic E-state index is 0.328. The van der Waals surface area contributed by atoms with Crippen molar-refractivity contribution in [3.05, 3.63) is 0 Å². The zero-order chi connectivity index (χ0) is 13.5. The second-order valence-corrected chi connectivity index (χ2v) is 7.33. The van der Waals surface area contributed by atoms with Crippen molar-refractivity contribution < 1.29 is 4.79 Å². The predicted molar refractivity (Wildman–Crippen MR) is 82.6 cm³/mol. The van der Waals surface area contributed by atoms with Crippen molar-refractivity contribution in [2.75, 3.05) is 32.4 Å². The highest BCUT2D eigenvalue weighted by Gasteiger charge is 2.20. The van der Waals surface area contributed by atoms with Crippen LogP contribution in [0.4, 0.5) is 0 Å². The third-order valence-corrected chi connectivity index (χ3v) is 5.77. The largest absolute Gasteiger partial charge is 0.345 e. The highest BCUT2D eigenvalue weighted by atomic mass is 32.2. The second kappa shape index (κ2) is 8.15. The maximum Gasteiger partial charge on any atom is 0.232 e. The Hall–Kier alpha value is -0.220. The van der Waals surface area contributed by atoms with Gasteiger partial charge in [-0.1, -0.05) is 19.3 Å². The highest BCUT2D eigenvalue weighted by Crippen LogP contribution is 2.25. The monoisotopic (exact) mass is 284 g/mol. The summed E-state index contributed by atoms with van der Waals surface area (Å²) in [7, 11) is 1.99. The van der Waals surface area contributed by atoms with Gasteiger partial charge in [0.25, 0.3) is 0 Å². The summed E-state index contributed by atoms with van der Waals surface area (Å²) in [5.74, 6) is 1.76. The van der Waals surface area contributed by atoms with Crippen LogP contribution in [0.25, 0.3) is 0 Å². The summed E-state index contributed by atoms with van der Waals surface area (Å²) in [6, 6.07) is 0. The Morgan fingerprint density at radius 3 is 2.53 bits per heavy atom. The van der Waals surface area contributed by atoms with E-state index in [-0.39, 0.29) is 0 Å². The molecule has 2 fully saturated rings. The normalized spacial score (nSPS) is 22.4. The van der Waals surface area contributed by atoms with E-state index in [9.17, 15) is 4.79 Å². The lowest BCUT2D eigenvalue weighted by atomic mass is 9.89. The Kier molecular flexibility index (Phi) is 6.51. The molecule has 0 bridgehead atoms. The van der Waals surface area contributed by atoms with Gasteiger partial charge in [0.1, 0.15) is 0 Å². The minimum Gasteiger partial charge on any atom is -0.345 e. The lowest BCUT2D eigenvalue weighted by molar-refractivity contribution is -0.127. The third kappa shape index (κ3) is 5.35. The van der Waals surface area contributed by atoms with Crippen molar-refractivity contribution in [3.63, 3.8) is 0 Å². The van der Waals surface area contributed by atoms with E-state index in [1.54, 1.807) is 0 Å². The first kappa shape index (κ1) is 15.2. The van der Waals surface area contributed by atoms with Gasteiger partial charge >= 0.3 is 0 Å². The molecule has 2 rings (SSSR count). The average molecular weight is 284 g/mol. The van der Waals surface area contributed by atoms with Crippen molar-refractivity contribution in [1.82, 2.24) is 10.2 Å². The molecule has 2 aliphatic rings. The van der Waals surface area contributed by atoms with Crippen LogP contribution in [0.2, 0.25) is 0 Å². The topological polar surface area (TPSA) is 32.3 Å². The van der Waals surface area contributed by atoms with Crippen LogP contribution in [-0.2, 0) is 4.79 Å². The maximum atomic E-state index is 12.1. The SMILES string of the molecule is CN(CC1CCCCC1)C(=O)CSC1CCNCC1. The maximum absolute atomic E-state index is 12.1. The third-order valence-electron chi connectivity index (χ3n) is 4.41. The number of amides is 1. The van der Waals surface area contributed by atoms with Crippen molar-refractivity contribution in [2.24, 2.45) is 5.92 Å². The lowest BCUT2D eigenvalue weighted by Crippen LogP contribution is -2.35. The van der Waals surface area contributed by atoms with E-state index >= 15 is 0 Å². The van der Waals surface area contributed by atoms with Gasteiger partial charge in [-0.05, 0) is 44.7 Å². The van der Waals surface area contributed by atoms with E-state index in [0.717, 1.165) is 25.6 Å². The van der Waals surface area contributed by atoms with Crippen LogP contribution in [-0.4, -0.2) is 48.5 Å². The summed E-state index contributed by atoms with van der Waals surface area (Å²) in [6.45, 7) is 3.21. The lowest BCUT2D eigenvalue weighted by Gasteiger charge is -2.28. The average Bonchev–Trinajstić information content (AvgIpc) is 2.47. The number of nitrogens with zero attached hydrogens (tertiary/aromatic N) is 1. The summed E-state index contributed by atoms with van der Waals surface area (Å²) in [4.78, 5) is 14.1. The number of nitrogens with one attached hydrogen (secondary N) is 1. The quantitative estimate of drug-likeness (QED) is 0.842. The summed E-state index contributed by atoms with van der Waals surface area (Å²) < 4.78 is 0. The zero-order valence-corrected chi connectivity index (χ0v) is 13.0.